The molecule has 57 heavy (non-hydrogen) atoms. The van der Waals surface area contributed by atoms with Gasteiger partial charge in [-0.25, -0.2) is 0 Å². The first-order valence-electron chi connectivity index (χ1n) is 19.4. The number of aryl methyl sites for hydroxylation is 2. The summed E-state index contributed by atoms with van der Waals surface area (Å²) >= 11 is 0. The maximum atomic E-state index is 11.1. The molecule has 3 heteroatoms. The first-order valence-corrected chi connectivity index (χ1v) is 19.4. The molecule has 0 aromatic heterocycles. The van der Waals surface area contributed by atoms with Crippen molar-refractivity contribution in [3.63, 3.8) is 0 Å². The summed E-state index contributed by atoms with van der Waals surface area (Å²) in [4.78, 5) is 0. The van der Waals surface area contributed by atoms with Crippen LogP contribution < -0.4 is 0 Å². The predicted octanol–water partition coefficient (Wildman–Crippen LogP) is 14.8. The molecule has 0 saturated heterocycles. The van der Waals surface area contributed by atoms with E-state index in [0.29, 0.717) is 11.5 Å². The van der Waals surface area contributed by atoms with Crippen molar-refractivity contribution < 1.29 is 31.9 Å². The monoisotopic (exact) mass is 790 g/mol. The Balaban J connectivity index is 0.000000240. The van der Waals surface area contributed by atoms with E-state index < -0.39 is 0 Å². The number of hydrogen-bond donors (Lipinski definition) is 2. The van der Waals surface area contributed by atoms with Crippen molar-refractivity contribution in [2.75, 3.05) is 0 Å². The predicted molar refractivity (Wildman–Crippen MR) is 242 cm³/mol. The Bertz CT molecular complexity index is 2280. The molecule has 0 unspecified atom stereocenters. The van der Waals surface area contributed by atoms with Gasteiger partial charge in [-0.2, -0.15) is 0 Å². The van der Waals surface area contributed by atoms with Gasteiger partial charge in [0, 0.05) is 33.1 Å². The summed E-state index contributed by atoms with van der Waals surface area (Å²) in [5.74, 6) is 0.808. The van der Waals surface area contributed by atoms with Gasteiger partial charge in [-0.05, 0) is 116 Å². The summed E-state index contributed by atoms with van der Waals surface area (Å²) < 4.78 is 0. The second-order valence-electron chi connectivity index (χ2n) is 18.8. The van der Waals surface area contributed by atoms with Crippen LogP contribution in [-0.2, 0) is 43.4 Å². The van der Waals surface area contributed by atoms with Gasteiger partial charge in [0.25, 0.3) is 0 Å². The molecule has 0 amide bonds. The maximum Gasteiger partial charge on any atom is 2.00 e. The van der Waals surface area contributed by atoms with Gasteiger partial charge in [-0.1, -0.05) is 154 Å². The van der Waals surface area contributed by atoms with Crippen molar-refractivity contribution in [3.05, 3.63) is 169 Å². The molecule has 2 aliphatic carbocycles. The molecule has 6 aromatic carbocycles. The molecule has 6 aromatic rings. The van der Waals surface area contributed by atoms with Crippen molar-refractivity contribution in [1.82, 2.24) is 0 Å². The Kier molecular flexibility index (Phi) is 12.5. The van der Waals surface area contributed by atoms with Crippen LogP contribution in [0.15, 0.2) is 109 Å². The van der Waals surface area contributed by atoms with Crippen molar-refractivity contribution in [2.45, 2.75) is 105 Å². The zero-order valence-electron chi connectivity index (χ0n) is 36.8. The van der Waals surface area contributed by atoms with Crippen molar-refractivity contribution in [3.8, 4) is 56.0 Å². The second kappa shape index (κ2) is 15.8. The van der Waals surface area contributed by atoms with E-state index in [9.17, 15) is 10.2 Å². The number of hydrogen-bond acceptors (Lipinski definition) is 2. The molecule has 0 atom stereocenters. The first kappa shape index (κ1) is 45.3. The average Bonchev–Trinajstić information content (AvgIpc) is 3.48. The van der Waals surface area contributed by atoms with E-state index in [1.807, 2.05) is 0 Å². The van der Waals surface area contributed by atoms with Crippen LogP contribution >= 0.6 is 0 Å². The topological polar surface area (TPSA) is 40.5 Å². The van der Waals surface area contributed by atoms with Gasteiger partial charge in [0.05, 0.1) is 0 Å². The van der Waals surface area contributed by atoms with Gasteiger partial charge >= 0.3 is 21.7 Å². The molecule has 0 aliphatic heterocycles. The normalized spacial score (nSPS) is 14.0. The molecule has 2 N–H and O–H groups in total. The third-order valence-electron chi connectivity index (χ3n) is 11.9. The van der Waals surface area contributed by atoms with E-state index >= 15 is 0 Å². The van der Waals surface area contributed by atoms with E-state index in [0.717, 1.165) is 33.4 Å². The van der Waals surface area contributed by atoms with Crippen LogP contribution in [0.5, 0.6) is 11.5 Å². The van der Waals surface area contributed by atoms with Crippen LogP contribution in [0, 0.1) is 28.7 Å². The molecule has 294 valence electrons. The van der Waals surface area contributed by atoms with Gasteiger partial charge in [-0.15, -0.1) is 0 Å². The van der Waals surface area contributed by atoms with Crippen molar-refractivity contribution in [2.24, 2.45) is 0 Å². The van der Waals surface area contributed by atoms with Crippen molar-refractivity contribution >= 4 is 0 Å². The van der Waals surface area contributed by atoms with E-state index in [-0.39, 0.29) is 58.2 Å². The van der Waals surface area contributed by atoms with Gasteiger partial charge < -0.3 is 25.1 Å². The van der Waals surface area contributed by atoms with Crippen LogP contribution in [0.1, 0.15) is 114 Å². The molecular weight excluding hydrogens is 728 g/mol. The fourth-order valence-corrected chi connectivity index (χ4v) is 8.88. The summed E-state index contributed by atoms with van der Waals surface area (Å²) in [6, 6.07) is 39.0. The Morgan fingerprint density at radius 3 is 1.05 bits per heavy atom. The van der Waals surface area contributed by atoms with Crippen molar-refractivity contribution in [1.29, 1.82) is 0 Å². The van der Waals surface area contributed by atoms with Crippen LogP contribution in [-0.4, -0.2) is 10.2 Å². The molecule has 0 heterocycles. The Morgan fingerprint density at radius 2 is 0.719 bits per heavy atom. The molecule has 0 radical (unpaired) electrons. The Labute approximate surface area is 359 Å². The summed E-state index contributed by atoms with van der Waals surface area (Å²) in [7, 11) is 0. The number of aromatic hydroxyl groups is 2. The SMILES string of the molecule is Cc1cc(-c2ccc3c(c2)C(C)(C)c2ccccc2-3)c(O)c(C(C)(C)C)c1.Cc1cc(-c2ccc3c(c2)C(C)(C)c2ccccc2-3)c(O)c(C(C)(C)C)c1.[CH3-].[CH3-].[Ti+2]. The van der Waals surface area contributed by atoms with Gasteiger partial charge in [0.2, 0.25) is 0 Å². The minimum Gasteiger partial charge on any atom is -0.507 e. The molecular formula is C54H62O2Ti. The molecule has 2 aliphatic rings. The van der Waals surface area contributed by atoms with E-state index in [1.54, 1.807) is 0 Å². The third kappa shape index (κ3) is 7.81. The maximum absolute atomic E-state index is 11.1. The minimum atomic E-state index is -0.100. The Morgan fingerprint density at radius 1 is 0.404 bits per heavy atom. The first-order chi connectivity index (χ1) is 25.2. The van der Waals surface area contributed by atoms with Crippen LogP contribution in [0.3, 0.4) is 0 Å². The zero-order chi connectivity index (χ0) is 39.1. The quantitative estimate of drug-likeness (QED) is 0.135. The minimum absolute atomic E-state index is 0. The fraction of sp³-hybridized carbons (Fsp3) is 0.296. The van der Waals surface area contributed by atoms with Crippen LogP contribution in [0.4, 0.5) is 0 Å². The summed E-state index contributed by atoms with van der Waals surface area (Å²) in [5, 5.41) is 22.1. The fourth-order valence-electron chi connectivity index (χ4n) is 8.88. The third-order valence-corrected chi connectivity index (χ3v) is 11.9. The smallest absolute Gasteiger partial charge is 0.507 e. The second-order valence-corrected chi connectivity index (χ2v) is 18.8. The number of phenols is 2. The van der Waals surface area contributed by atoms with E-state index in [2.05, 4.69) is 192 Å². The van der Waals surface area contributed by atoms with Gasteiger partial charge in [0.15, 0.2) is 0 Å². The Hall–Kier alpha value is -4.37. The molecule has 0 fully saturated rings. The number of fused-ring (bicyclic) bond motifs is 6. The van der Waals surface area contributed by atoms with E-state index in [4.69, 9.17) is 0 Å². The molecule has 8 rings (SSSR count). The number of benzene rings is 6. The summed E-state index contributed by atoms with van der Waals surface area (Å²) in [5.41, 5.74) is 18.8. The standard InChI is InChI=1S/2C26H28O.2CH3.Ti/c2*1-16-13-20(24(27)23(14-16)25(2,3)4)17-11-12-19-18-9-7-8-10-21(18)26(5,6)22(19)15-17;;;/h2*7-15,27H,1-6H3;2*1H3;/q;;2*-1;+2. The molecule has 0 bridgehead atoms. The molecule has 0 saturated carbocycles. The van der Waals surface area contributed by atoms with Gasteiger partial charge in [-0.3, -0.25) is 0 Å². The van der Waals surface area contributed by atoms with Crippen LogP contribution in [0.25, 0.3) is 44.5 Å². The number of phenolic OH excluding ortho intramolecular Hbond substituents is 2. The van der Waals surface area contributed by atoms with Gasteiger partial charge in [0.1, 0.15) is 11.5 Å². The summed E-state index contributed by atoms with van der Waals surface area (Å²) in [6.07, 6.45) is 0. The summed E-state index contributed by atoms with van der Waals surface area (Å²) in [6.45, 7) is 26.2. The largest absolute Gasteiger partial charge is 2.00 e. The molecule has 2 nitrogen and oxygen atoms in total. The van der Waals surface area contributed by atoms with Crippen LogP contribution in [0.2, 0.25) is 0 Å². The average molecular weight is 791 g/mol. The molecule has 0 spiro atoms. The van der Waals surface area contributed by atoms with E-state index in [1.165, 1.54) is 55.6 Å². The number of rotatable bonds is 2. The zero-order valence-corrected chi connectivity index (χ0v) is 38.3.